The number of hydrogen-bond acceptors (Lipinski definition) is 5. The van der Waals surface area contributed by atoms with Crippen LogP contribution in [0.2, 0.25) is 0 Å². The Balaban J connectivity index is 1.69. The Hall–Kier alpha value is -2.71. The van der Waals surface area contributed by atoms with Gasteiger partial charge in [-0.25, -0.2) is 12.7 Å². The molecule has 0 heterocycles. The Bertz CT molecular complexity index is 1060. The van der Waals surface area contributed by atoms with E-state index in [1.807, 2.05) is 30.3 Å². The van der Waals surface area contributed by atoms with Gasteiger partial charge in [-0.15, -0.1) is 0 Å². The van der Waals surface area contributed by atoms with Crippen molar-refractivity contribution in [2.45, 2.75) is 42.9 Å². The maximum atomic E-state index is 12.9. The van der Waals surface area contributed by atoms with E-state index in [9.17, 15) is 18.0 Å². The molecule has 3 rings (SSSR count). The number of nitrogens with one attached hydrogen (secondary N) is 1. The average molecular weight is 445 g/mol. The molecular formula is C23H28N2O5S. The van der Waals surface area contributed by atoms with Crippen molar-refractivity contribution in [2.24, 2.45) is 0 Å². The van der Waals surface area contributed by atoms with Crippen molar-refractivity contribution >= 4 is 27.6 Å². The minimum atomic E-state index is -3.64. The highest BCUT2D eigenvalue weighted by Crippen LogP contribution is 2.42. The second-order valence-corrected chi connectivity index (χ2v) is 10.2. The minimum absolute atomic E-state index is 0.112. The molecule has 2 aromatic carbocycles. The van der Waals surface area contributed by atoms with Crippen molar-refractivity contribution in [2.75, 3.05) is 26.0 Å². The van der Waals surface area contributed by atoms with Gasteiger partial charge in [-0.3, -0.25) is 9.59 Å². The summed E-state index contributed by atoms with van der Waals surface area (Å²) in [5, 5.41) is 2.62. The first-order chi connectivity index (χ1) is 14.7. The molecule has 0 radical (unpaired) electrons. The third-order valence-corrected chi connectivity index (χ3v) is 7.70. The maximum Gasteiger partial charge on any atom is 0.317 e. The Morgan fingerprint density at radius 3 is 2.32 bits per heavy atom. The number of nitrogens with zero attached hydrogens (tertiary/aromatic N) is 1. The topological polar surface area (TPSA) is 92.8 Å². The molecule has 1 fully saturated rings. The zero-order valence-electron chi connectivity index (χ0n) is 18.1. The summed E-state index contributed by atoms with van der Waals surface area (Å²) in [6.07, 6.45) is 3.26. The molecule has 0 aliphatic heterocycles. The second kappa shape index (κ2) is 9.20. The molecule has 0 atom stereocenters. The number of aryl methyl sites for hydroxylation is 1. The zero-order chi connectivity index (χ0) is 22.6. The van der Waals surface area contributed by atoms with Crippen molar-refractivity contribution in [3.8, 4) is 0 Å². The Morgan fingerprint density at radius 2 is 1.71 bits per heavy atom. The van der Waals surface area contributed by atoms with Gasteiger partial charge in [0.15, 0.2) is 6.61 Å². The molecule has 1 saturated carbocycles. The third-order valence-electron chi connectivity index (χ3n) is 5.74. The lowest BCUT2D eigenvalue weighted by molar-refractivity contribution is -0.153. The summed E-state index contributed by atoms with van der Waals surface area (Å²) < 4.78 is 31.5. The number of carbonyl (C=O) groups excluding carboxylic acids is 2. The van der Waals surface area contributed by atoms with Crippen molar-refractivity contribution in [1.82, 2.24) is 4.31 Å². The number of ether oxygens (including phenoxy) is 1. The van der Waals surface area contributed by atoms with Crippen molar-refractivity contribution < 1.29 is 22.7 Å². The molecule has 0 saturated heterocycles. The Kier molecular flexibility index (Phi) is 6.81. The molecule has 0 bridgehead atoms. The van der Waals surface area contributed by atoms with Crippen molar-refractivity contribution in [3.05, 3.63) is 59.7 Å². The molecule has 0 aromatic heterocycles. The van der Waals surface area contributed by atoms with E-state index < -0.39 is 33.9 Å². The summed E-state index contributed by atoms with van der Waals surface area (Å²) in [4.78, 5) is 25.5. The number of benzene rings is 2. The molecule has 31 heavy (non-hydrogen) atoms. The van der Waals surface area contributed by atoms with E-state index in [0.717, 1.165) is 22.7 Å². The van der Waals surface area contributed by atoms with Crippen LogP contribution < -0.4 is 5.32 Å². The quantitative estimate of drug-likeness (QED) is 0.662. The van der Waals surface area contributed by atoms with E-state index in [2.05, 4.69) is 5.32 Å². The summed E-state index contributed by atoms with van der Waals surface area (Å²) in [7, 11) is -0.746. The molecule has 1 amide bonds. The highest BCUT2D eigenvalue weighted by atomic mass is 32.2. The fourth-order valence-electron chi connectivity index (χ4n) is 3.97. The summed E-state index contributed by atoms with van der Waals surface area (Å²) >= 11 is 0. The van der Waals surface area contributed by atoms with E-state index in [0.29, 0.717) is 24.1 Å². The Labute approximate surface area is 183 Å². The van der Waals surface area contributed by atoms with Gasteiger partial charge >= 0.3 is 5.97 Å². The predicted octanol–water partition coefficient (Wildman–Crippen LogP) is 3.24. The lowest BCUT2D eigenvalue weighted by Gasteiger charge is -2.27. The molecule has 166 valence electrons. The van der Waals surface area contributed by atoms with Gasteiger partial charge in [0.25, 0.3) is 5.91 Å². The maximum absolute atomic E-state index is 12.9. The largest absolute Gasteiger partial charge is 0.455 e. The van der Waals surface area contributed by atoms with Crippen molar-refractivity contribution in [3.63, 3.8) is 0 Å². The summed E-state index contributed by atoms with van der Waals surface area (Å²) in [6, 6.07) is 14.2. The van der Waals surface area contributed by atoms with Crippen LogP contribution in [0.4, 0.5) is 5.69 Å². The first-order valence-electron chi connectivity index (χ1n) is 10.2. The van der Waals surface area contributed by atoms with Gasteiger partial charge in [-0.1, -0.05) is 49.2 Å². The van der Waals surface area contributed by atoms with Gasteiger partial charge in [-0.05, 0) is 43.0 Å². The minimum Gasteiger partial charge on any atom is -0.455 e. The molecule has 7 nitrogen and oxygen atoms in total. The number of rotatable bonds is 7. The molecule has 1 N–H and O–H groups in total. The number of amides is 1. The van der Waals surface area contributed by atoms with Crippen LogP contribution in [0.15, 0.2) is 53.4 Å². The lowest BCUT2D eigenvalue weighted by atomic mass is 9.79. The predicted molar refractivity (Wildman–Crippen MR) is 118 cm³/mol. The summed E-state index contributed by atoms with van der Waals surface area (Å²) in [5.41, 5.74) is 1.10. The fourth-order valence-corrected chi connectivity index (χ4v) is 5.11. The standard InChI is InChI=1S/C23H28N2O5S/c1-17-11-12-19(15-20(17)31(28,29)25(2)3)24-21(26)16-30-22(27)23(13-7-8-14-23)18-9-5-4-6-10-18/h4-6,9-12,15H,7-8,13-14,16H2,1-3H3,(H,24,26). The fraction of sp³-hybridized carbons (Fsp3) is 0.391. The Morgan fingerprint density at radius 1 is 1.06 bits per heavy atom. The van der Waals surface area contributed by atoms with Crippen LogP contribution in [-0.4, -0.2) is 45.3 Å². The number of anilines is 1. The molecule has 2 aromatic rings. The second-order valence-electron chi connectivity index (χ2n) is 8.05. The molecule has 1 aliphatic carbocycles. The number of sulfonamides is 1. The smallest absolute Gasteiger partial charge is 0.317 e. The van der Waals surface area contributed by atoms with Gasteiger partial charge in [0.1, 0.15) is 0 Å². The molecule has 0 spiro atoms. The molecule has 1 aliphatic rings. The number of carbonyl (C=O) groups is 2. The van der Waals surface area contributed by atoms with Gasteiger partial charge in [0.05, 0.1) is 10.3 Å². The summed E-state index contributed by atoms with van der Waals surface area (Å²) in [5.74, 6) is -0.919. The normalized spacial score (nSPS) is 15.6. The van der Waals surface area contributed by atoms with Crippen LogP contribution in [-0.2, 0) is 29.8 Å². The van der Waals surface area contributed by atoms with Gasteiger partial charge in [0, 0.05) is 19.8 Å². The van der Waals surface area contributed by atoms with Crippen LogP contribution in [0.25, 0.3) is 0 Å². The van der Waals surface area contributed by atoms with Gasteiger partial charge in [-0.2, -0.15) is 0 Å². The lowest BCUT2D eigenvalue weighted by Crippen LogP contribution is -2.36. The molecule has 8 heteroatoms. The SMILES string of the molecule is Cc1ccc(NC(=O)COC(=O)C2(c3ccccc3)CCCC2)cc1S(=O)(=O)N(C)C. The first kappa shape index (κ1) is 23.0. The van der Waals surface area contributed by atoms with Crippen LogP contribution in [0.1, 0.15) is 36.8 Å². The zero-order valence-corrected chi connectivity index (χ0v) is 18.9. The molecule has 0 unspecified atom stereocenters. The van der Waals surface area contributed by atoms with Crippen LogP contribution in [0, 0.1) is 6.92 Å². The van der Waals surface area contributed by atoms with E-state index in [-0.39, 0.29) is 4.90 Å². The van der Waals surface area contributed by atoms with E-state index in [4.69, 9.17) is 4.74 Å². The van der Waals surface area contributed by atoms with Crippen molar-refractivity contribution in [1.29, 1.82) is 0 Å². The highest BCUT2D eigenvalue weighted by Gasteiger charge is 2.44. The van der Waals surface area contributed by atoms with E-state index in [1.54, 1.807) is 19.1 Å². The van der Waals surface area contributed by atoms with Gasteiger partial charge < -0.3 is 10.1 Å². The monoisotopic (exact) mass is 444 g/mol. The van der Waals surface area contributed by atoms with E-state index >= 15 is 0 Å². The summed E-state index contributed by atoms with van der Waals surface area (Å²) in [6.45, 7) is 1.26. The first-order valence-corrected chi connectivity index (χ1v) is 11.7. The third kappa shape index (κ3) is 4.80. The van der Waals surface area contributed by atoms with Gasteiger partial charge in [0.2, 0.25) is 10.0 Å². The average Bonchev–Trinajstić information content (AvgIpc) is 3.25. The number of hydrogen-bond donors (Lipinski definition) is 1. The highest BCUT2D eigenvalue weighted by molar-refractivity contribution is 7.89. The van der Waals surface area contributed by atoms with Crippen LogP contribution >= 0.6 is 0 Å². The molecular weight excluding hydrogens is 416 g/mol. The van der Waals surface area contributed by atoms with E-state index in [1.165, 1.54) is 20.2 Å². The number of esters is 1. The van der Waals surface area contributed by atoms with Crippen LogP contribution in [0.3, 0.4) is 0 Å². The van der Waals surface area contributed by atoms with Crippen LogP contribution in [0.5, 0.6) is 0 Å².